The Morgan fingerprint density at radius 2 is 1.92 bits per heavy atom. The average Bonchev–Trinajstić information content (AvgIpc) is 3.06. The number of aliphatic imine (C=N–C) groups is 1. The van der Waals surface area contributed by atoms with Crippen LogP contribution in [-0.2, 0) is 0 Å². The second kappa shape index (κ2) is 6.97. The van der Waals surface area contributed by atoms with E-state index in [0.29, 0.717) is 0 Å². The lowest BCUT2D eigenvalue weighted by molar-refractivity contribution is 0.0697. The van der Waals surface area contributed by atoms with E-state index < -0.39 is 5.97 Å². The summed E-state index contributed by atoms with van der Waals surface area (Å²) >= 11 is 0. The Balaban J connectivity index is 2.09. The summed E-state index contributed by atoms with van der Waals surface area (Å²) in [6, 6.07) is 12.7. The summed E-state index contributed by atoms with van der Waals surface area (Å²) in [5, 5.41) is 9.03. The van der Waals surface area contributed by atoms with Crippen molar-refractivity contribution in [3.8, 4) is 5.69 Å². The molecule has 0 radical (unpaired) electrons. The van der Waals surface area contributed by atoms with Gasteiger partial charge in [-0.1, -0.05) is 18.7 Å². The lowest BCUT2D eigenvalue weighted by Gasteiger charge is -2.07. The van der Waals surface area contributed by atoms with Gasteiger partial charge < -0.3 is 5.11 Å². The zero-order chi connectivity index (χ0) is 17.8. The van der Waals surface area contributed by atoms with Crippen LogP contribution in [0.25, 0.3) is 22.3 Å². The first-order chi connectivity index (χ1) is 12.1. The van der Waals surface area contributed by atoms with Crippen LogP contribution in [0.2, 0.25) is 0 Å². The molecule has 5 heteroatoms. The van der Waals surface area contributed by atoms with Crippen LogP contribution in [0, 0.1) is 0 Å². The minimum absolute atomic E-state index is 0.254. The van der Waals surface area contributed by atoms with Gasteiger partial charge in [0.2, 0.25) is 0 Å². The van der Waals surface area contributed by atoms with Crippen LogP contribution >= 0.6 is 0 Å². The number of carboxylic acids is 1. The number of fused-ring (bicyclic) bond motifs is 1. The van der Waals surface area contributed by atoms with E-state index in [0.717, 1.165) is 27.9 Å². The molecule has 3 aromatic rings. The fraction of sp³-hybridized carbons (Fsp3) is 0.0500. The van der Waals surface area contributed by atoms with Crippen molar-refractivity contribution in [3.63, 3.8) is 0 Å². The highest BCUT2D eigenvalue weighted by atomic mass is 16.4. The van der Waals surface area contributed by atoms with Crippen LogP contribution < -0.4 is 0 Å². The van der Waals surface area contributed by atoms with E-state index in [1.54, 1.807) is 49.9 Å². The molecule has 5 nitrogen and oxygen atoms in total. The molecule has 0 bridgehead atoms. The van der Waals surface area contributed by atoms with Crippen molar-refractivity contribution in [3.05, 3.63) is 78.6 Å². The molecule has 1 aromatic heterocycles. The third-order valence-corrected chi connectivity index (χ3v) is 3.90. The Labute approximate surface area is 145 Å². The van der Waals surface area contributed by atoms with E-state index in [-0.39, 0.29) is 5.56 Å². The minimum atomic E-state index is -0.942. The molecule has 0 spiro atoms. The van der Waals surface area contributed by atoms with Crippen molar-refractivity contribution in [2.45, 2.75) is 0 Å². The zero-order valence-electron chi connectivity index (χ0n) is 13.8. The Hall–Kier alpha value is -3.47. The second-order valence-corrected chi connectivity index (χ2v) is 5.40. The van der Waals surface area contributed by atoms with Gasteiger partial charge in [-0.05, 0) is 53.6 Å². The molecule has 0 aliphatic heterocycles. The number of rotatable bonds is 5. The van der Waals surface area contributed by atoms with Gasteiger partial charge in [-0.25, -0.2) is 9.78 Å². The molecule has 25 heavy (non-hydrogen) atoms. The molecule has 0 aliphatic carbocycles. The second-order valence-electron chi connectivity index (χ2n) is 5.40. The quantitative estimate of drug-likeness (QED) is 0.568. The summed E-state index contributed by atoms with van der Waals surface area (Å²) in [4.78, 5) is 19.4. The van der Waals surface area contributed by atoms with Crippen LogP contribution in [0.5, 0.6) is 0 Å². The van der Waals surface area contributed by atoms with Gasteiger partial charge in [-0.15, -0.1) is 0 Å². The lowest BCUT2D eigenvalue weighted by atomic mass is 10.0. The third-order valence-electron chi connectivity index (χ3n) is 3.90. The highest BCUT2D eigenvalue weighted by Crippen LogP contribution is 2.24. The fourth-order valence-electron chi connectivity index (χ4n) is 2.59. The maximum absolute atomic E-state index is 11.0. The number of aromatic nitrogens is 2. The molecule has 0 fully saturated rings. The number of nitrogens with zero attached hydrogens (tertiary/aromatic N) is 3. The van der Waals surface area contributed by atoms with Crippen molar-refractivity contribution < 1.29 is 9.90 Å². The monoisotopic (exact) mass is 331 g/mol. The van der Waals surface area contributed by atoms with Gasteiger partial charge >= 0.3 is 5.97 Å². The first kappa shape index (κ1) is 16.4. The van der Waals surface area contributed by atoms with E-state index in [2.05, 4.69) is 16.6 Å². The molecular weight excluding hydrogens is 314 g/mol. The normalized spacial score (nSPS) is 12.0. The number of benzene rings is 2. The predicted molar refractivity (Wildman–Crippen MR) is 101 cm³/mol. The molecule has 2 aromatic carbocycles. The molecule has 124 valence electrons. The molecule has 0 amide bonds. The molecule has 0 aliphatic rings. The molecule has 0 unspecified atom stereocenters. The Morgan fingerprint density at radius 1 is 1.20 bits per heavy atom. The van der Waals surface area contributed by atoms with E-state index in [4.69, 9.17) is 5.11 Å². The first-order valence-corrected chi connectivity index (χ1v) is 7.70. The molecule has 0 saturated heterocycles. The van der Waals surface area contributed by atoms with Gasteiger partial charge in [0.1, 0.15) is 6.33 Å². The summed E-state index contributed by atoms with van der Waals surface area (Å²) in [7, 11) is 1.72. The van der Waals surface area contributed by atoms with E-state index in [9.17, 15) is 4.79 Å². The smallest absolute Gasteiger partial charge is 0.335 e. The van der Waals surface area contributed by atoms with Crippen LogP contribution in [0.4, 0.5) is 0 Å². The van der Waals surface area contributed by atoms with Crippen molar-refractivity contribution >= 4 is 28.8 Å². The highest BCUT2D eigenvalue weighted by molar-refractivity contribution is 5.91. The SMILES string of the molecule is C=C/C(=C\C=N/C)c1ccc2ncn(-c3ccc(C(=O)O)cc3)c2c1. The van der Waals surface area contributed by atoms with Crippen molar-refractivity contribution in [1.29, 1.82) is 0 Å². The molecular formula is C20H17N3O2. The van der Waals surface area contributed by atoms with Crippen LogP contribution in [0.3, 0.4) is 0 Å². The van der Waals surface area contributed by atoms with Gasteiger partial charge in [-0.2, -0.15) is 0 Å². The van der Waals surface area contributed by atoms with Crippen LogP contribution in [-0.4, -0.2) is 33.9 Å². The van der Waals surface area contributed by atoms with Crippen molar-refractivity contribution in [1.82, 2.24) is 9.55 Å². The Kier molecular flexibility index (Phi) is 4.57. The summed E-state index contributed by atoms with van der Waals surface area (Å²) in [5.74, 6) is -0.942. The Bertz CT molecular complexity index is 995. The van der Waals surface area contributed by atoms with Crippen LogP contribution in [0.1, 0.15) is 15.9 Å². The minimum Gasteiger partial charge on any atom is -0.478 e. The maximum Gasteiger partial charge on any atom is 0.335 e. The van der Waals surface area contributed by atoms with Gasteiger partial charge in [0, 0.05) is 18.9 Å². The number of carboxylic acid groups (broad SMARTS) is 1. The molecule has 1 heterocycles. The molecule has 1 N–H and O–H groups in total. The Morgan fingerprint density at radius 3 is 2.56 bits per heavy atom. The van der Waals surface area contributed by atoms with E-state index >= 15 is 0 Å². The average molecular weight is 331 g/mol. The van der Waals surface area contributed by atoms with Gasteiger partial charge in [0.05, 0.1) is 16.6 Å². The zero-order valence-corrected chi connectivity index (χ0v) is 13.8. The summed E-state index contributed by atoms with van der Waals surface area (Å²) < 4.78 is 1.93. The number of carbonyl (C=O) groups is 1. The largest absolute Gasteiger partial charge is 0.478 e. The van der Waals surface area contributed by atoms with Gasteiger partial charge in [0.15, 0.2) is 0 Å². The van der Waals surface area contributed by atoms with E-state index in [1.807, 2.05) is 28.8 Å². The number of hydrogen-bond donors (Lipinski definition) is 1. The summed E-state index contributed by atoms with van der Waals surface area (Å²) in [6.07, 6.45) is 7.14. The van der Waals surface area contributed by atoms with Crippen LogP contribution in [0.15, 0.2) is 72.5 Å². The van der Waals surface area contributed by atoms with Gasteiger partial charge in [-0.3, -0.25) is 9.56 Å². The van der Waals surface area contributed by atoms with Crippen molar-refractivity contribution in [2.24, 2.45) is 4.99 Å². The standard InChI is InChI=1S/C20H17N3O2/c1-3-14(10-11-21-2)16-6-9-18-19(12-16)23(13-22-18)17-7-4-15(5-8-17)20(24)25/h3-13H,1H2,2H3,(H,24,25)/b14-10+,21-11-. The number of hydrogen-bond acceptors (Lipinski definition) is 3. The maximum atomic E-state index is 11.0. The van der Waals surface area contributed by atoms with Gasteiger partial charge in [0.25, 0.3) is 0 Å². The van der Waals surface area contributed by atoms with Crippen molar-refractivity contribution in [2.75, 3.05) is 7.05 Å². The lowest BCUT2D eigenvalue weighted by Crippen LogP contribution is -1.97. The van der Waals surface area contributed by atoms with E-state index in [1.165, 1.54) is 0 Å². The number of imidazole rings is 1. The number of aromatic carboxylic acids is 1. The first-order valence-electron chi connectivity index (χ1n) is 7.70. The third kappa shape index (κ3) is 3.26. The summed E-state index contributed by atoms with van der Waals surface area (Å²) in [5.41, 5.74) is 4.86. The predicted octanol–water partition coefficient (Wildman–Crippen LogP) is 3.99. The molecule has 0 atom stereocenters. The molecule has 0 saturated carbocycles. The highest BCUT2D eigenvalue weighted by Gasteiger charge is 2.08. The topological polar surface area (TPSA) is 67.5 Å². The molecule has 3 rings (SSSR count). The summed E-state index contributed by atoms with van der Waals surface area (Å²) in [6.45, 7) is 3.86. The fourth-order valence-corrected chi connectivity index (χ4v) is 2.59. The number of allylic oxidation sites excluding steroid dienone is 3.